The van der Waals surface area contributed by atoms with Crippen molar-refractivity contribution in [3.8, 4) is 11.5 Å². The fourth-order valence-electron chi connectivity index (χ4n) is 3.75. The van der Waals surface area contributed by atoms with Crippen LogP contribution in [0.3, 0.4) is 0 Å². The zero-order valence-corrected chi connectivity index (χ0v) is 12.5. The van der Waals surface area contributed by atoms with Gasteiger partial charge in [0.1, 0.15) is 11.5 Å². The first-order valence-corrected chi connectivity index (χ1v) is 7.66. The molecule has 3 nitrogen and oxygen atoms in total. The lowest BCUT2D eigenvalue weighted by atomic mass is 9.77. The van der Waals surface area contributed by atoms with Gasteiger partial charge in [-0.25, -0.2) is 0 Å². The van der Waals surface area contributed by atoms with E-state index < -0.39 is 0 Å². The molecular weight excluding hydrogens is 274 g/mol. The van der Waals surface area contributed by atoms with Crippen LogP contribution in [0.15, 0.2) is 54.6 Å². The van der Waals surface area contributed by atoms with Crippen molar-refractivity contribution in [1.29, 1.82) is 0 Å². The number of methoxy groups -OCH3 is 1. The number of hydrogen-bond acceptors (Lipinski definition) is 3. The van der Waals surface area contributed by atoms with Gasteiger partial charge in [0.25, 0.3) is 0 Å². The Morgan fingerprint density at radius 3 is 2.95 bits per heavy atom. The molecule has 0 amide bonds. The van der Waals surface area contributed by atoms with Crippen LogP contribution < -0.4 is 10.1 Å². The number of benzene rings is 2. The van der Waals surface area contributed by atoms with E-state index in [4.69, 9.17) is 4.74 Å². The lowest BCUT2D eigenvalue weighted by molar-refractivity contribution is 0.405. The van der Waals surface area contributed by atoms with Gasteiger partial charge in [-0.05, 0) is 53.8 Å². The summed E-state index contributed by atoms with van der Waals surface area (Å²) in [6.45, 7) is 0. The molecule has 0 spiro atoms. The molecule has 2 N–H and O–H groups in total. The molecule has 4 rings (SSSR count). The molecule has 2 aromatic carbocycles. The molecule has 22 heavy (non-hydrogen) atoms. The number of aromatic hydroxyl groups is 1. The van der Waals surface area contributed by atoms with Gasteiger partial charge in [-0.15, -0.1) is 0 Å². The van der Waals surface area contributed by atoms with E-state index in [9.17, 15) is 5.11 Å². The molecule has 1 aliphatic carbocycles. The smallest absolute Gasteiger partial charge is 0.119 e. The van der Waals surface area contributed by atoms with Crippen LogP contribution in [0, 0.1) is 5.92 Å². The Kier molecular flexibility index (Phi) is 3.07. The molecule has 1 heterocycles. The topological polar surface area (TPSA) is 41.5 Å². The van der Waals surface area contributed by atoms with E-state index in [1.165, 1.54) is 11.1 Å². The lowest BCUT2D eigenvalue weighted by Crippen LogP contribution is -2.28. The molecule has 3 unspecified atom stereocenters. The molecule has 0 saturated heterocycles. The van der Waals surface area contributed by atoms with Crippen molar-refractivity contribution in [2.75, 3.05) is 12.4 Å². The standard InChI is InChI=1S/C19H19NO2/c1-22-14-5-2-4-12(10-14)19-16-7-3-6-15(16)17-11-13(21)8-9-18(17)20-19/h2-6,8-11,15-16,19-21H,7H2,1H3. The number of phenols is 1. The summed E-state index contributed by atoms with van der Waals surface area (Å²) >= 11 is 0. The van der Waals surface area contributed by atoms with Gasteiger partial charge in [-0.2, -0.15) is 0 Å². The Balaban J connectivity index is 1.77. The van der Waals surface area contributed by atoms with E-state index in [1.807, 2.05) is 24.3 Å². The molecule has 0 radical (unpaired) electrons. The predicted molar refractivity (Wildman–Crippen MR) is 87.5 cm³/mol. The van der Waals surface area contributed by atoms with Crippen molar-refractivity contribution in [3.05, 3.63) is 65.7 Å². The van der Waals surface area contributed by atoms with Gasteiger partial charge in [0.05, 0.1) is 13.2 Å². The molecule has 0 bridgehead atoms. The Morgan fingerprint density at radius 1 is 1.18 bits per heavy atom. The molecule has 0 fully saturated rings. The number of phenolic OH excluding ortho intramolecular Hbond substituents is 1. The first-order chi connectivity index (χ1) is 10.8. The quantitative estimate of drug-likeness (QED) is 0.643. The second-order valence-electron chi connectivity index (χ2n) is 6.02. The molecule has 2 aromatic rings. The van der Waals surface area contributed by atoms with Crippen LogP contribution in [0.25, 0.3) is 0 Å². The zero-order chi connectivity index (χ0) is 15.1. The minimum Gasteiger partial charge on any atom is -0.508 e. The largest absolute Gasteiger partial charge is 0.508 e. The Labute approximate surface area is 130 Å². The van der Waals surface area contributed by atoms with Gasteiger partial charge in [0.15, 0.2) is 0 Å². The van der Waals surface area contributed by atoms with Crippen LogP contribution in [0.1, 0.15) is 29.5 Å². The molecular formula is C19H19NO2. The molecule has 2 aliphatic rings. The maximum atomic E-state index is 9.79. The summed E-state index contributed by atoms with van der Waals surface area (Å²) in [5.74, 6) is 2.05. The first-order valence-electron chi connectivity index (χ1n) is 7.66. The van der Waals surface area contributed by atoms with Gasteiger partial charge in [-0.3, -0.25) is 0 Å². The number of hydrogen-bond donors (Lipinski definition) is 2. The van der Waals surface area contributed by atoms with Gasteiger partial charge < -0.3 is 15.2 Å². The number of nitrogens with one attached hydrogen (secondary N) is 1. The second-order valence-corrected chi connectivity index (χ2v) is 6.02. The van der Waals surface area contributed by atoms with E-state index in [1.54, 1.807) is 13.2 Å². The van der Waals surface area contributed by atoms with Crippen LogP contribution in [-0.4, -0.2) is 12.2 Å². The Bertz CT molecular complexity index is 738. The number of allylic oxidation sites excluding steroid dienone is 2. The van der Waals surface area contributed by atoms with Gasteiger partial charge in [-0.1, -0.05) is 24.3 Å². The average Bonchev–Trinajstić information content (AvgIpc) is 3.04. The van der Waals surface area contributed by atoms with Crippen LogP contribution >= 0.6 is 0 Å². The summed E-state index contributed by atoms with van der Waals surface area (Å²) in [5, 5.41) is 13.4. The lowest BCUT2D eigenvalue weighted by Gasteiger charge is -2.37. The van der Waals surface area contributed by atoms with Gasteiger partial charge >= 0.3 is 0 Å². The van der Waals surface area contributed by atoms with E-state index in [0.29, 0.717) is 17.6 Å². The maximum absolute atomic E-state index is 9.79. The average molecular weight is 293 g/mol. The van der Waals surface area contributed by atoms with Crippen molar-refractivity contribution < 1.29 is 9.84 Å². The molecule has 0 aromatic heterocycles. The van der Waals surface area contributed by atoms with Crippen molar-refractivity contribution in [1.82, 2.24) is 0 Å². The number of rotatable bonds is 2. The number of anilines is 1. The number of ether oxygens (including phenoxy) is 1. The minimum absolute atomic E-state index is 0.257. The summed E-state index contributed by atoms with van der Waals surface area (Å²) in [4.78, 5) is 0. The summed E-state index contributed by atoms with van der Waals surface area (Å²) in [7, 11) is 1.70. The monoisotopic (exact) mass is 293 g/mol. The van der Waals surface area contributed by atoms with Crippen molar-refractivity contribution in [2.45, 2.75) is 18.4 Å². The fraction of sp³-hybridized carbons (Fsp3) is 0.263. The van der Waals surface area contributed by atoms with E-state index in [0.717, 1.165) is 17.9 Å². The Morgan fingerprint density at radius 2 is 2.09 bits per heavy atom. The summed E-state index contributed by atoms with van der Waals surface area (Å²) < 4.78 is 5.37. The second kappa shape index (κ2) is 5.09. The SMILES string of the molecule is COc1cccc(C2Nc3ccc(O)cc3C3C=CCC32)c1. The molecule has 3 heteroatoms. The third-order valence-electron chi connectivity index (χ3n) is 4.80. The van der Waals surface area contributed by atoms with Crippen molar-refractivity contribution >= 4 is 5.69 Å². The summed E-state index contributed by atoms with van der Waals surface area (Å²) in [6, 6.07) is 14.1. The first kappa shape index (κ1) is 13.3. The van der Waals surface area contributed by atoms with Gasteiger partial charge in [0.2, 0.25) is 0 Å². The van der Waals surface area contributed by atoms with Crippen molar-refractivity contribution in [3.63, 3.8) is 0 Å². The summed E-state index contributed by atoms with van der Waals surface area (Å²) in [5.41, 5.74) is 3.55. The predicted octanol–water partition coefficient (Wildman–Crippen LogP) is 4.23. The Hall–Kier alpha value is -2.42. The normalized spacial score (nSPS) is 25.2. The molecule has 0 saturated carbocycles. The minimum atomic E-state index is 0.257. The van der Waals surface area contributed by atoms with E-state index in [-0.39, 0.29) is 6.04 Å². The highest BCUT2D eigenvalue weighted by Crippen LogP contribution is 2.50. The highest BCUT2D eigenvalue weighted by atomic mass is 16.5. The highest BCUT2D eigenvalue weighted by molar-refractivity contribution is 5.61. The van der Waals surface area contributed by atoms with Crippen molar-refractivity contribution in [2.24, 2.45) is 5.92 Å². The van der Waals surface area contributed by atoms with Crippen LogP contribution in [-0.2, 0) is 0 Å². The molecule has 112 valence electrons. The third-order valence-corrected chi connectivity index (χ3v) is 4.80. The van der Waals surface area contributed by atoms with E-state index >= 15 is 0 Å². The highest BCUT2D eigenvalue weighted by Gasteiger charge is 2.38. The van der Waals surface area contributed by atoms with Gasteiger partial charge in [0, 0.05) is 11.6 Å². The summed E-state index contributed by atoms with van der Waals surface area (Å²) in [6.07, 6.45) is 5.58. The molecule has 3 atom stereocenters. The fourth-order valence-corrected chi connectivity index (χ4v) is 3.75. The maximum Gasteiger partial charge on any atom is 0.119 e. The molecule has 1 aliphatic heterocycles. The zero-order valence-electron chi connectivity index (χ0n) is 12.5. The third kappa shape index (κ3) is 2.05. The van der Waals surface area contributed by atoms with E-state index in [2.05, 4.69) is 29.6 Å². The number of fused-ring (bicyclic) bond motifs is 3. The van der Waals surface area contributed by atoms with Crippen LogP contribution in [0.5, 0.6) is 11.5 Å². The van der Waals surface area contributed by atoms with Crippen LogP contribution in [0.2, 0.25) is 0 Å². The van der Waals surface area contributed by atoms with Crippen LogP contribution in [0.4, 0.5) is 5.69 Å².